The molecule has 110 valence electrons. The molecule has 4 N–H and O–H groups in total. The van der Waals surface area contributed by atoms with Crippen molar-refractivity contribution in [2.45, 2.75) is 13.5 Å². The number of benzene rings is 2. The Bertz CT molecular complexity index is 669. The van der Waals surface area contributed by atoms with Crippen LogP contribution in [0.4, 0.5) is 5.69 Å². The summed E-state index contributed by atoms with van der Waals surface area (Å²) in [6, 6.07) is 10.4. The Morgan fingerprint density at radius 3 is 2.71 bits per heavy atom. The summed E-state index contributed by atoms with van der Waals surface area (Å²) in [6.45, 7) is 2.26. The molecule has 0 aliphatic heterocycles. The Kier molecular flexibility index (Phi) is 4.33. The van der Waals surface area contributed by atoms with Crippen molar-refractivity contribution in [1.82, 2.24) is 0 Å². The first-order valence-electron chi connectivity index (χ1n) is 6.52. The normalized spacial score (nSPS) is 10.2. The number of primary amides is 1. The highest BCUT2D eigenvalue weighted by Gasteiger charge is 2.09. The molecule has 5 heteroatoms. The molecule has 0 aliphatic rings. The number of aromatic hydroxyl groups is 1. The number of nitrogens with one attached hydrogen (secondary N) is 1. The van der Waals surface area contributed by atoms with Crippen LogP contribution >= 0.6 is 0 Å². The van der Waals surface area contributed by atoms with E-state index < -0.39 is 5.91 Å². The summed E-state index contributed by atoms with van der Waals surface area (Å²) < 4.78 is 5.04. The number of carbonyl (C=O) groups excluding carboxylic acids is 1. The van der Waals surface area contributed by atoms with Gasteiger partial charge in [-0.05, 0) is 36.8 Å². The van der Waals surface area contributed by atoms with Gasteiger partial charge in [0.15, 0.2) is 0 Å². The zero-order valence-corrected chi connectivity index (χ0v) is 12.0. The highest BCUT2D eigenvalue weighted by atomic mass is 16.5. The summed E-state index contributed by atoms with van der Waals surface area (Å²) >= 11 is 0. The fourth-order valence-electron chi connectivity index (χ4n) is 2.10. The second kappa shape index (κ2) is 6.17. The van der Waals surface area contributed by atoms with Gasteiger partial charge >= 0.3 is 0 Å². The van der Waals surface area contributed by atoms with Crippen LogP contribution in [0.15, 0.2) is 36.4 Å². The molecule has 0 unspecified atom stereocenters. The second-order valence-electron chi connectivity index (χ2n) is 4.69. The van der Waals surface area contributed by atoms with Gasteiger partial charge in [0.1, 0.15) is 11.5 Å². The van der Waals surface area contributed by atoms with Crippen molar-refractivity contribution >= 4 is 11.6 Å². The molecule has 0 aliphatic carbocycles. The molecule has 0 saturated heterocycles. The van der Waals surface area contributed by atoms with E-state index in [9.17, 15) is 9.90 Å². The Balaban J connectivity index is 2.17. The van der Waals surface area contributed by atoms with Gasteiger partial charge in [0.25, 0.3) is 0 Å². The minimum absolute atomic E-state index is 0.158. The van der Waals surface area contributed by atoms with Gasteiger partial charge < -0.3 is 20.9 Å². The third-order valence-electron chi connectivity index (χ3n) is 3.36. The number of anilines is 1. The lowest BCUT2D eigenvalue weighted by Crippen LogP contribution is -2.13. The molecule has 0 heterocycles. The van der Waals surface area contributed by atoms with Crippen LogP contribution in [-0.2, 0) is 6.54 Å². The van der Waals surface area contributed by atoms with E-state index in [1.807, 2.05) is 13.0 Å². The molecule has 5 nitrogen and oxygen atoms in total. The molecule has 21 heavy (non-hydrogen) atoms. The molecule has 2 aromatic rings. The van der Waals surface area contributed by atoms with Crippen LogP contribution < -0.4 is 15.8 Å². The van der Waals surface area contributed by atoms with Crippen molar-refractivity contribution in [2.24, 2.45) is 5.73 Å². The lowest BCUT2D eigenvalue weighted by atomic mass is 10.1. The molecule has 0 saturated carbocycles. The summed E-state index contributed by atoms with van der Waals surface area (Å²) in [6.07, 6.45) is 0. The van der Waals surface area contributed by atoms with E-state index in [0.717, 1.165) is 16.8 Å². The minimum atomic E-state index is -0.455. The van der Waals surface area contributed by atoms with Crippen molar-refractivity contribution in [3.05, 3.63) is 53.1 Å². The van der Waals surface area contributed by atoms with E-state index in [0.29, 0.717) is 17.9 Å². The molecular weight excluding hydrogens is 268 g/mol. The topological polar surface area (TPSA) is 84.6 Å². The van der Waals surface area contributed by atoms with Gasteiger partial charge in [-0.25, -0.2) is 0 Å². The van der Waals surface area contributed by atoms with E-state index in [1.165, 1.54) is 0 Å². The molecule has 2 rings (SSSR count). The van der Waals surface area contributed by atoms with Crippen LogP contribution in [0.3, 0.4) is 0 Å². The second-order valence-corrected chi connectivity index (χ2v) is 4.69. The first-order chi connectivity index (χ1) is 10.0. The fourth-order valence-corrected chi connectivity index (χ4v) is 2.10. The summed E-state index contributed by atoms with van der Waals surface area (Å²) in [5.74, 6) is 0.303. The van der Waals surface area contributed by atoms with Crippen LogP contribution in [-0.4, -0.2) is 18.1 Å². The van der Waals surface area contributed by atoms with Crippen LogP contribution in [0.1, 0.15) is 21.5 Å². The number of carbonyl (C=O) groups is 1. The van der Waals surface area contributed by atoms with Gasteiger partial charge in [0.2, 0.25) is 5.91 Å². The Labute approximate surface area is 123 Å². The van der Waals surface area contributed by atoms with Gasteiger partial charge in [-0.3, -0.25) is 4.79 Å². The Hall–Kier alpha value is -2.69. The van der Waals surface area contributed by atoms with Gasteiger partial charge in [-0.15, -0.1) is 0 Å². The number of methoxy groups -OCH3 is 1. The molecule has 0 spiro atoms. The molecule has 1 amide bonds. The summed E-state index contributed by atoms with van der Waals surface area (Å²) in [5.41, 5.74) is 8.14. The number of phenolic OH excluding ortho intramolecular Hbond substituents is 1. The highest BCUT2D eigenvalue weighted by molar-refractivity contribution is 5.95. The molecule has 0 atom stereocenters. The predicted octanol–water partition coefficient (Wildman–Crippen LogP) is 2.42. The zero-order valence-electron chi connectivity index (χ0n) is 12.0. The van der Waals surface area contributed by atoms with E-state index in [2.05, 4.69) is 5.32 Å². The van der Waals surface area contributed by atoms with Crippen molar-refractivity contribution < 1.29 is 14.6 Å². The van der Waals surface area contributed by atoms with Crippen molar-refractivity contribution in [3.63, 3.8) is 0 Å². The van der Waals surface area contributed by atoms with Crippen molar-refractivity contribution in [3.8, 4) is 11.5 Å². The van der Waals surface area contributed by atoms with Crippen LogP contribution in [0.25, 0.3) is 0 Å². The molecule has 0 aromatic heterocycles. The number of phenols is 1. The van der Waals surface area contributed by atoms with E-state index in [-0.39, 0.29) is 5.75 Å². The maximum absolute atomic E-state index is 11.3. The van der Waals surface area contributed by atoms with E-state index in [4.69, 9.17) is 10.5 Å². The third-order valence-corrected chi connectivity index (χ3v) is 3.36. The van der Waals surface area contributed by atoms with Gasteiger partial charge in [-0.2, -0.15) is 0 Å². The third kappa shape index (κ3) is 3.25. The SMILES string of the molecule is COc1ccc(CNc2cccc(C(N)=O)c2C)c(O)c1. The average Bonchev–Trinajstić information content (AvgIpc) is 2.46. The number of hydrogen-bond acceptors (Lipinski definition) is 4. The maximum Gasteiger partial charge on any atom is 0.249 e. The van der Waals surface area contributed by atoms with Crippen LogP contribution in [0, 0.1) is 6.92 Å². The number of nitrogens with two attached hydrogens (primary N) is 1. The summed E-state index contributed by atoms with van der Waals surface area (Å²) in [5, 5.41) is 13.1. The van der Waals surface area contributed by atoms with Crippen molar-refractivity contribution in [1.29, 1.82) is 0 Å². The molecular formula is C16H18N2O3. The zero-order chi connectivity index (χ0) is 15.4. The monoisotopic (exact) mass is 286 g/mol. The van der Waals surface area contributed by atoms with Gasteiger partial charge in [0, 0.05) is 29.4 Å². The number of ether oxygens (including phenoxy) is 1. The van der Waals surface area contributed by atoms with Gasteiger partial charge in [-0.1, -0.05) is 6.07 Å². The molecule has 2 aromatic carbocycles. The number of rotatable bonds is 5. The lowest BCUT2D eigenvalue weighted by molar-refractivity contribution is 0.1000. The molecule has 0 fully saturated rings. The van der Waals surface area contributed by atoms with Crippen LogP contribution in [0.2, 0.25) is 0 Å². The van der Waals surface area contributed by atoms with E-state index >= 15 is 0 Å². The smallest absolute Gasteiger partial charge is 0.249 e. The quantitative estimate of drug-likeness (QED) is 0.788. The molecule has 0 radical (unpaired) electrons. The predicted molar refractivity (Wildman–Crippen MR) is 81.7 cm³/mol. The maximum atomic E-state index is 11.3. The Morgan fingerprint density at radius 2 is 2.10 bits per heavy atom. The van der Waals surface area contributed by atoms with E-state index in [1.54, 1.807) is 37.4 Å². The standard InChI is InChI=1S/C16H18N2O3/c1-10-13(16(17)20)4-3-5-14(10)18-9-11-6-7-12(21-2)8-15(11)19/h3-8,18-19H,9H2,1-2H3,(H2,17,20). The fraction of sp³-hybridized carbons (Fsp3) is 0.188. The summed E-state index contributed by atoms with van der Waals surface area (Å²) in [7, 11) is 1.55. The molecule has 0 bridgehead atoms. The first-order valence-corrected chi connectivity index (χ1v) is 6.52. The number of hydrogen-bond donors (Lipinski definition) is 3. The van der Waals surface area contributed by atoms with Crippen LogP contribution in [0.5, 0.6) is 11.5 Å². The minimum Gasteiger partial charge on any atom is -0.507 e. The summed E-state index contributed by atoms with van der Waals surface area (Å²) in [4.78, 5) is 11.3. The van der Waals surface area contributed by atoms with Crippen molar-refractivity contribution in [2.75, 3.05) is 12.4 Å². The highest BCUT2D eigenvalue weighted by Crippen LogP contribution is 2.25. The Morgan fingerprint density at radius 1 is 1.33 bits per heavy atom. The lowest BCUT2D eigenvalue weighted by Gasteiger charge is -2.13. The van der Waals surface area contributed by atoms with Gasteiger partial charge in [0.05, 0.1) is 7.11 Å². The first kappa shape index (κ1) is 14.7. The average molecular weight is 286 g/mol. The largest absolute Gasteiger partial charge is 0.507 e. The number of amides is 1.